The van der Waals surface area contributed by atoms with Crippen LogP contribution in [0.4, 0.5) is 74.6 Å². The van der Waals surface area contributed by atoms with Crippen molar-refractivity contribution in [3.63, 3.8) is 0 Å². The first-order valence-electron chi connectivity index (χ1n) is 9.53. The largest absolute Gasteiger partial charge is 0.460 e. The van der Waals surface area contributed by atoms with Crippen molar-refractivity contribution in [2.24, 2.45) is 0 Å². The van der Waals surface area contributed by atoms with Crippen LogP contribution >= 0.6 is 0 Å². The molecule has 1 rings (SSSR count). The predicted octanol–water partition coefficient (Wildman–Crippen LogP) is 7.86. The minimum Gasteiger partial charge on any atom is -0.385 e. The third-order valence-electron chi connectivity index (χ3n) is 5.34. The standard InChI is InChI=1S/C19H15F17O/c1-3-9-4-6-10(7-5-9)11(2,37)8-12(20,21)13(22,23)14(24,25)15(26,27)16(28,29)17(30,31)18(32,33)19(34,35)36/h4-7,37H,3,8H2,1-2H3. The summed E-state index contributed by atoms with van der Waals surface area (Å²) in [5, 5.41) is 10.1. The average molecular weight is 582 g/mol. The molecule has 1 aromatic carbocycles. The van der Waals surface area contributed by atoms with Gasteiger partial charge in [-0.25, -0.2) is 0 Å². The molecular formula is C19H15F17O. The van der Waals surface area contributed by atoms with Gasteiger partial charge in [-0.05, 0) is 24.5 Å². The highest BCUT2D eigenvalue weighted by atomic mass is 19.4. The topological polar surface area (TPSA) is 20.2 Å². The Balaban J connectivity index is 3.58. The summed E-state index contributed by atoms with van der Waals surface area (Å²) in [6.45, 7) is 1.84. The summed E-state index contributed by atoms with van der Waals surface area (Å²) in [5.41, 5.74) is -3.57. The molecule has 0 amide bonds. The van der Waals surface area contributed by atoms with Crippen molar-refractivity contribution >= 4 is 0 Å². The normalized spacial score (nSPS) is 17.1. The maximum atomic E-state index is 14.2. The van der Waals surface area contributed by atoms with Crippen molar-refractivity contribution in [1.82, 2.24) is 0 Å². The molecule has 0 saturated carbocycles. The Morgan fingerprint density at radius 3 is 1.19 bits per heavy atom. The molecule has 0 bridgehead atoms. The molecule has 1 nitrogen and oxygen atoms in total. The van der Waals surface area contributed by atoms with Gasteiger partial charge in [-0.2, -0.15) is 74.6 Å². The highest BCUT2D eigenvalue weighted by Gasteiger charge is 2.95. The van der Waals surface area contributed by atoms with E-state index < -0.39 is 65.2 Å². The van der Waals surface area contributed by atoms with Crippen molar-refractivity contribution in [2.45, 2.75) is 79.9 Å². The van der Waals surface area contributed by atoms with Gasteiger partial charge in [0.2, 0.25) is 0 Å². The fourth-order valence-electron chi connectivity index (χ4n) is 2.94. The summed E-state index contributed by atoms with van der Waals surface area (Å²) in [6.07, 6.45) is -10.4. The third kappa shape index (κ3) is 4.82. The number of hydrogen-bond acceptors (Lipinski definition) is 1. The van der Waals surface area contributed by atoms with Gasteiger partial charge in [0.1, 0.15) is 0 Å². The quantitative estimate of drug-likeness (QED) is 0.279. The van der Waals surface area contributed by atoms with Crippen LogP contribution in [0.25, 0.3) is 0 Å². The van der Waals surface area contributed by atoms with E-state index in [2.05, 4.69) is 0 Å². The first-order valence-corrected chi connectivity index (χ1v) is 9.53. The third-order valence-corrected chi connectivity index (χ3v) is 5.34. The molecule has 0 fully saturated rings. The lowest BCUT2D eigenvalue weighted by Gasteiger charge is -2.43. The van der Waals surface area contributed by atoms with Crippen molar-refractivity contribution in [3.05, 3.63) is 35.4 Å². The fourth-order valence-corrected chi connectivity index (χ4v) is 2.94. The maximum Gasteiger partial charge on any atom is 0.460 e. The number of halogens is 17. The van der Waals surface area contributed by atoms with E-state index in [1.54, 1.807) is 6.92 Å². The molecule has 0 aliphatic heterocycles. The number of aryl methyl sites for hydroxylation is 1. The first kappa shape index (κ1) is 33.0. The predicted molar refractivity (Wildman–Crippen MR) is 90.7 cm³/mol. The minimum absolute atomic E-state index is 0.265. The SMILES string of the molecule is CCc1ccc(C(C)(O)CC(F)(F)C(F)(F)C(F)(F)C(F)(F)C(F)(F)C(F)(F)C(F)(F)C(F)(F)F)cc1. The van der Waals surface area contributed by atoms with Gasteiger partial charge < -0.3 is 5.11 Å². The highest BCUT2D eigenvalue weighted by molar-refractivity contribution is 5.27. The average Bonchev–Trinajstić information content (AvgIpc) is 2.71. The summed E-state index contributed by atoms with van der Waals surface area (Å²) < 4.78 is 227. The van der Waals surface area contributed by atoms with Crippen LogP contribution in [0, 0.1) is 0 Å². The Hall–Kier alpha value is -2.01. The molecule has 0 saturated heterocycles. The molecule has 0 aliphatic rings. The van der Waals surface area contributed by atoms with Gasteiger partial charge in [0.05, 0.1) is 12.0 Å². The van der Waals surface area contributed by atoms with Crippen LogP contribution in [0.5, 0.6) is 0 Å². The summed E-state index contributed by atoms with van der Waals surface area (Å²) in [6, 6.07) is 3.83. The van der Waals surface area contributed by atoms with Gasteiger partial charge in [0.15, 0.2) is 0 Å². The van der Waals surface area contributed by atoms with E-state index in [0.29, 0.717) is 12.0 Å². The molecule has 0 spiro atoms. The smallest absolute Gasteiger partial charge is 0.385 e. The number of alkyl halides is 17. The van der Waals surface area contributed by atoms with Crippen LogP contribution in [0.15, 0.2) is 24.3 Å². The second kappa shape index (κ2) is 9.03. The zero-order valence-electron chi connectivity index (χ0n) is 18.1. The number of benzene rings is 1. The molecule has 216 valence electrons. The van der Waals surface area contributed by atoms with Gasteiger partial charge >= 0.3 is 47.6 Å². The van der Waals surface area contributed by atoms with E-state index in [1.165, 1.54) is 0 Å². The monoisotopic (exact) mass is 582 g/mol. The summed E-state index contributed by atoms with van der Waals surface area (Å²) >= 11 is 0. The van der Waals surface area contributed by atoms with Gasteiger partial charge in [-0.1, -0.05) is 31.2 Å². The Labute approximate surface area is 196 Å². The molecule has 1 atom stereocenters. The van der Waals surface area contributed by atoms with Crippen LogP contribution < -0.4 is 0 Å². The van der Waals surface area contributed by atoms with Crippen LogP contribution in [0.2, 0.25) is 0 Å². The van der Waals surface area contributed by atoms with E-state index in [0.717, 1.165) is 24.3 Å². The number of aliphatic hydroxyl groups is 1. The second-order valence-corrected chi connectivity index (χ2v) is 8.15. The van der Waals surface area contributed by atoms with Gasteiger partial charge in [-0.3, -0.25) is 0 Å². The molecule has 18 heteroatoms. The molecule has 1 unspecified atom stereocenters. The van der Waals surface area contributed by atoms with Gasteiger partial charge in [0.25, 0.3) is 0 Å². The number of hydrogen-bond donors (Lipinski definition) is 1. The molecule has 0 aliphatic carbocycles. The van der Waals surface area contributed by atoms with Crippen molar-refractivity contribution in [2.75, 3.05) is 0 Å². The summed E-state index contributed by atoms with van der Waals surface area (Å²) in [7, 11) is 0. The molecule has 0 radical (unpaired) electrons. The maximum absolute atomic E-state index is 14.2. The first-order chi connectivity index (χ1) is 16.0. The lowest BCUT2D eigenvalue weighted by Crippen LogP contribution is -2.74. The number of rotatable bonds is 10. The molecule has 1 aromatic rings. The van der Waals surface area contributed by atoms with Crippen LogP contribution in [0.1, 0.15) is 31.4 Å². The Morgan fingerprint density at radius 2 is 0.865 bits per heavy atom. The summed E-state index contributed by atoms with van der Waals surface area (Å²) in [5.74, 6) is -57.0. The molecular weight excluding hydrogens is 567 g/mol. The Bertz CT molecular complexity index is 944. The van der Waals surface area contributed by atoms with Gasteiger partial charge in [-0.15, -0.1) is 0 Å². The highest BCUT2D eigenvalue weighted by Crippen LogP contribution is 2.64. The van der Waals surface area contributed by atoms with E-state index in [9.17, 15) is 79.7 Å². The van der Waals surface area contributed by atoms with E-state index in [4.69, 9.17) is 0 Å². The van der Waals surface area contributed by atoms with E-state index >= 15 is 0 Å². The lowest BCUT2D eigenvalue weighted by atomic mass is 9.83. The Kier molecular flexibility index (Phi) is 8.06. The van der Waals surface area contributed by atoms with E-state index in [1.807, 2.05) is 0 Å². The van der Waals surface area contributed by atoms with Crippen molar-refractivity contribution in [3.8, 4) is 0 Å². The molecule has 37 heavy (non-hydrogen) atoms. The van der Waals surface area contributed by atoms with Crippen molar-refractivity contribution < 1.29 is 79.7 Å². The molecule has 0 heterocycles. The minimum atomic E-state index is -8.68. The zero-order chi connectivity index (χ0) is 29.9. The lowest BCUT2D eigenvalue weighted by molar-refractivity contribution is -0.462. The van der Waals surface area contributed by atoms with Crippen molar-refractivity contribution in [1.29, 1.82) is 0 Å². The molecule has 1 N–H and O–H groups in total. The summed E-state index contributed by atoms with van der Waals surface area (Å²) in [4.78, 5) is 0. The second-order valence-electron chi connectivity index (χ2n) is 8.15. The van der Waals surface area contributed by atoms with E-state index in [-0.39, 0.29) is 6.92 Å². The molecule has 0 aromatic heterocycles. The zero-order valence-corrected chi connectivity index (χ0v) is 18.1. The Morgan fingerprint density at radius 1 is 0.541 bits per heavy atom. The van der Waals surface area contributed by atoms with Crippen LogP contribution in [-0.4, -0.2) is 52.7 Å². The van der Waals surface area contributed by atoms with Crippen LogP contribution in [0.3, 0.4) is 0 Å². The van der Waals surface area contributed by atoms with Gasteiger partial charge in [0, 0.05) is 0 Å². The fraction of sp³-hybridized carbons (Fsp3) is 0.684. The van der Waals surface area contributed by atoms with Crippen LogP contribution in [-0.2, 0) is 12.0 Å².